The van der Waals surface area contributed by atoms with Crippen LogP contribution in [-0.4, -0.2) is 17.3 Å². The summed E-state index contributed by atoms with van der Waals surface area (Å²) in [6.07, 6.45) is 4.95. The van der Waals surface area contributed by atoms with E-state index in [9.17, 15) is 0 Å². The average Bonchev–Trinajstić information content (AvgIpc) is 2.70. The molecule has 0 N–H and O–H groups in total. The highest BCUT2D eigenvalue weighted by Gasteiger charge is 2.22. The lowest BCUT2D eigenvalue weighted by Crippen LogP contribution is -1.91. The fourth-order valence-corrected chi connectivity index (χ4v) is 1.79. The van der Waals surface area contributed by atoms with Crippen LogP contribution in [0.15, 0.2) is 4.42 Å². The van der Waals surface area contributed by atoms with Gasteiger partial charge in [0.15, 0.2) is 0 Å². The van der Waals surface area contributed by atoms with Gasteiger partial charge in [0.05, 0.1) is 0 Å². The van der Waals surface area contributed by atoms with Crippen molar-refractivity contribution < 1.29 is 9.15 Å². The van der Waals surface area contributed by atoms with Gasteiger partial charge in [0.1, 0.15) is 6.61 Å². The second kappa shape index (κ2) is 3.87. The van der Waals surface area contributed by atoms with Crippen LogP contribution < -0.4 is 0 Å². The molecule has 0 aromatic carbocycles. The molecular weight excluding hydrogens is 168 g/mol. The van der Waals surface area contributed by atoms with E-state index in [1.807, 2.05) is 0 Å². The van der Waals surface area contributed by atoms with Crippen LogP contribution in [0.2, 0.25) is 0 Å². The molecule has 4 nitrogen and oxygen atoms in total. The normalized spacial score (nSPS) is 18.2. The van der Waals surface area contributed by atoms with Crippen LogP contribution in [0.1, 0.15) is 43.4 Å². The maximum Gasteiger partial charge on any atom is 0.242 e. The van der Waals surface area contributed by atoms with Gasteiger partial charge in [-0.15, -0.1) is 10.2 Å². The topological polar surface area (TPSA) is 48.2 Å². The molecule has 1 aliphatic rings. The third kappa shape index (κ3) is 1.88. The molecule has 0 bridgehead atoms. The number of nitrogens with zero attached hydrogens (tertiary/aromatic N) is 2. The summed E-state index contributed by atoms with van der Waals surface area (Å²) in [5.74, 6) is 1.88. The van der Waals surface area contributed by atoms with E-state index in [1.165, 1.54) is 25.7 Å². The van der Waals surface area contributed by atoms with Gasteiger partial charge in [-0.05, 0) is 12.8 Å². The van der Waals surface area contributed by atoms with E-state index in [-0.39, 0.29) is 0 Å². The molecule has 0 unspecified atom stereocenters. The van der Waals surface area contributed by atoms with E-state index < -0.39 is 0 Å². The van der Waals surface area contributed by atoms with Crippen LogP contribution in [0.4, 0.5) is 0 Å². The van der Waals surface area contributed by atoms with Crippen molar-refractivity contribution in [1.82, 2.24) is 10.2 Å². The summed E-state index contributed by atoms with van der Waals surface area (Å²) in [6.45, 7) is 0.416. The Morgan fingerprint density at radius 1 is 1.38 bits per heavy atom. The Bertz CT molecular complexity index is 266. The molecule has 13 heavy (non-hydrogen) atoms. The van der Waals surface area contributed by atoms with Gasteiger partial charge in [-0.3, -0.25) is 0 Å². The molecular formula is C9H14N2O2. The molecule has 1 fully saturated rings. The second-order valence-electron chi connectivity index (χ2n) is 3.45. The van der Waals surface area contributed by atoms with Crippen molar-refractivity contribution in [1.29, 1.82) is 0 Å². The Morgan fingerprint density at radius 3 is 2.85 bits per heavy atom. The minimum absolute atomic E-state index is 0.416. The van der Waals surface area contributed by atoms with Gasteiger partial charge in [0.25, 0.3) is 0 Å². The summed E-state index contributed by atoms with van der Waals surface area (Å²) in [6, 6.07) is 0. The molecule has 1 aromatic heterocycles. The predicted molar refractivity (Wildman–Crippen MR) is 46.2 cm³/mol. The molecule has 0 radical (unpaired) electrons. The van der Waals surface area contributed by atoms with Crippen molar-refractivity contribution >= 4 is 0 Å². The smallest absolute Gasteiger partial charge is 0.242 e. The minimum atomic E-state index is 0.416. The van der Waals surface area contributed by atoms with E-state index in [2.05, 4.69) is 10.2 Å². The second-order valence-corrected chi connectivity index (χ2v) is 3.45. The molecule has 0 spiro atoms. The Labute approximate surface area is 77.3 Å². The van der Waals surface area contributed by atoms with Crippen LogP contribution in [-0.2, 0) is 11.3 Å². The molecule has 0 saturated heterocycles. The molecule has 1 saturated carbocycles. The molecule has 0 atom stereocenters. The number of hydrogen-bond donors (Lipinski definition) is 0. The van der Waals surface area contributed by atoms with E-state index in [1.54, 1.807) is 7.11 Å². The van der Waals surface area contributed by atoms with Crippen LogP contribution in [0, 0.1) is 0 Å². The molecule has 1 aromatic rings. The number of hydrogen-bond acceptors (Lipinski definition) is 4. The Morgan fingerprint density at radius 2 is 2.15 bits per heavy atom. The average molecular weight is 182 g/mol. The first-order chi connectivity index (χ1) is 6.40. The molecule has 0 amide bonds. The SMILES string of the molecule is COCc1nnc(C2CCCC2)o1. The van der Waals surface area contributed by atoms with Crippen molar-refractivity contribution in [3.63, 3.8) is 0 Å². The Balaban J connectivity index is 2.03. The van der Waals surface area contributed by atoms with Crippen molar-refractivity contribution in [2.24, 2.45) is 0 Å². The lowest BCUT2D eigenvalue weighted by Gasteiger charge is -1.99. The highest BCUT2D eigenvalue weighted by Crippen LogP contribution is 2.32. The van der Waals surface area contributed by atoms with Crippen molar-refractivity contribution in [3.8, 4) is 0 Å². The maximum atomic E-state index is 5.46. The number of aromatic nitrogens is 2. The lowest BCUT2D eigenvalue weighted by atomic mass is 10.1. The fraction of sp³-hybridized carbons (Fsp3) is 0.778. The van der Waals surface area contributed by atoms with E-state index >= 15 is 0 Å². The first kappa shape index (κ1) is 8.69. The van der Waals surface area contributed by atoms with E-state index in [0.29, 0.717) is 18.4 Å². The summed E-state index contributed by atoms with van der Waals surface area (Å²) in [4.78, 5) is 0. The third-order valence-electron chi connectivity index (χ3n) is 2.45. The predicted octanol–water partition coefficient (Wildman–Crippen LogP) is 1.87. The molecule has 72 valence electrons. The molecule has 1 heterocycles. The summed E-state index contributed by atoms with van der Waals surface area (Å²) in [7, 11) is 1.62. The summed E-state index contributed by atoms with van der Waals surface area (Å²) in [5.41, 5.74) is 0. The Hall–Kier alpha value is -0.900. The first-order valence-electron chi connectivity index (χ1n) is 4.71. The number of ether oxygens (including phenoxy) is 1. The van der Waals surface area contributed by atoms with Gasteiger partial charge in [-0.2, -0.15) is 0 Å². The van der Waals surface area contributed by atoms with Crippen LogP contribution >= 0.6 is 0 Å². The maximum absolute atomic E-state index is 5.46. The van der Waals surface area contributed by atoms with Gasteiger partial charge in [0.2, 0.25) is 11.8 Å². The van der Waals surface area contributed by atoms with Crippen molar-refractivity contribution in [2.75, 3.05) is 7.11 Å². The van der Waals surface area contributed by atoms with Gasteiger partial charge in [-0.1, -0.05) is 12.8 Å². The van der Waals surface area contributed by atoms with E-state index in [4.69, 9.17) is 9.15 Å². The standard InChI is InChI=1S/C9H14N2O2/c1-12-6-8-10-11-9(13-8)7-4-2-3-5-7/h7H,2-6H2,1H3. The molecule has 4 heteroatoms. The van der Waals surface area contributed by atoms with Crippen LogP contribution in [0.5, 0.6) is 0 Å². The van der Waals surface area contributed by atoms with Gasteiger partial charge in [-0.25, -0.2) is 0 Å². The zero-order valence-electron chi connectivity index (χ0n) is 7.82. The fourth-order valence-electron chi connectivity index (χ4n) is 1.79. The van der Waals surface area contributed by atoms with Crippen molar-refractivity contribution in [2.45, 2.75) is 38.2 Å². The number of rotatable bonds is 3. The van der Waals surface area contributed by atoms with Gasteiger partial charge < -0.3 is 9.15 Å². The Kier molecular flexibility index (Phi) is 2.59. The van der Waals surface area contributed by atoms with Crippen LogP contribution in [0.25, 0.3) is 0 Å². The highest BCUT2D eigenvalue weighted by atomic mass is 16.5. The van der Waals surface area contributed by atoms with Gasteiger partial charge in [0, 0.05) is 13.0 Å². The minimum Gasteiger partial charge on any atom is -0.422 e. The monoisotopic (exact) mass is 182 g/mol. The van der Waals surface area contributed by atoms with Crippen molar-refractivity contribution in [3.05, 3.63) is 11.8 Å². The zero-order chi connectivity index (χ0) is 9.10. The summed E-state index contributed by atoms with van der Waals surface area (Å²) in [5, 5.41) is 7.93. The third-order valence-corrected chi connectivity index (χ3v) is 2.45. The summed E-state index contributed by atoms with van der Waals surface area (Å²) < 4.78 is 10.4. The number of methoxy groups -OCH3 is 1. The molecule has 1 aliphatic carbocycles. The first-order valence-corrected chi connectivity index (χ1v) is 4.71. The summed E-state index contributed by atoms with van der Waals surface area (Å²) >= 11 is 0. The largest absolute Gasteiger partial charge is 0.422 e. The lowest BCUT2D eigenvalue weighted by molar-refractivity contribution is 0.157. The zero-order valence-corrected chi connectivity index (χ0v) is 7.82. The van der Waals surface area contributed by atoms with Gasteiger partial charge >= 0.3 is 0 Å². The molecule has 0 aliphatic heterocycles. The quantitative estimate of drug-likeness (QED) is 0.716. The highest BCUT2D eigenvalue weighted by molar-refractivity contribution is 4.93. The molecule has 2 rings (SSSR count). The van der Waals surface area contributed by atoms with Crippen LogP contribution in [0.3, 0.4) is 0 Å². The van der Waals surface area contributed by atoms with E-state index in [0.717, 1.165) is 5.89 Å².